The molecular weight excluding hydrogens is 290 g/mol. The van der Waals surface area contributed by atoms with Crippen LogP contribution in [0.5, 0.6) is 0 Å². The third kappa shape index (κ3) is 2.72. The predicted molar refractivity (Wildman–Crippen MR) is 81.2 cm³/mol. The van der Waals surface area contributed by atoms with Crippen molar-refractivity contribution in [2.75, 3.05) is 13.1 Å². The number of hydrogen-bond acceptors (Lipinski definition) is 4. The number of nitrogens with zero attached hydrogens (tertiary/aromatic N) is 2. The molecule has 1 aliphatic heterocycles. The van der Waals surface area contributed by atoms with Gasteiger partial charge >= 0.3 is 5.97 Å². The molecule has 110 valence electrons. The molecule has 1 saturated heterocycles. The van der Waals surface area contributed by atoms with Gasteiger partial charge < -0.3 is 10.8 Å². The molecule has 3 rings (SSSR count). The Morgan fingerprint density at radius 3 is 2.95 bits per heavy atom. The molecular formula is C15H16ClN3O2. The Bertz CT molecular complexity index is 706. The van der Waals surface area contributed by atoms with E-state index in [0.717, 1.165) is 16.5 Å². The summed E-state index contributed by atoms with van der Waals surface area (Å²) in [7, 11) is 0. The van der Waals surface area contributed by atoms with E-state index in [9.17, 15) is 4.79 Å². The van der Waals surface area contributed by atoms with Gasteiger partial charge in [0.1, 0.15) is 10.7 Å². The molecule has 0 radical (unpaired) electrons. The van der Waals surface area contributed by atoms with Crippen molar-refractivity contribution in [3.8, 4) is 0 Å². The van der Waals surface area contributed by atoms with Crippen LogP contribution in [0.1, 0.15) is 12.0 Å². The number of carboxylic acid groups (broad SMARTS) is 1. The topological polar surface area (TPSA) is 79.5 Å². The van der Waals surface area contributed by atoms with Gasteiger partial charge in [-0.25, -0.2) is 4.98 Å². The third-order valence-electron chi connectivity index (χ3n) is 3.95. The smallest absolute Gasteiger partial charge is 0.325 e. The normalized spacial score (nSPS) is 22.8. The van der Waals surface area contributed by atoms with Gasteiger partial charge in [0, 0.05) is 30.6 Å². The molecule has 3 N–H and O–H groups in total. The van der Waals surface area contributed by atoms with Crippen LogP contribution in [0.25, 0.3) is 10.9 Å². The van der Waals surface area contributed by atoms with Crippen molar-refractivity contribution in [3.05, 3.63) is 41.0 Å². The van der Waals surface area contributed by atoms with E-state index in [2.05, 4.69) is 4.98 Å². The summed E-state index contributed by atoms with van der Waals surface area (Å²) in [5.41, 5.74) is 6.48. The van der Waals surface area contributed by atoms with Crippen LogP contribution in [0.2, 0.25) is 5.15 Å². The fourth-order valence-corrected chi connectivity index (χ4v) is 2.92. The van der Waals surface area contributed by atoms with Crippen LogP contribution >= 0.6 is 11.6 Å². The van der Waals surface area contributed by atoms with E-state index in [0.29, 0.717) is 31.2 Å². The lowest BCUT2D eigenvalue weighted by Crippen LogP contribution is -2.50. The maximum absolute atomic E-state index is 11.2. The zero-order valence-electron chi connectivity index (χ0n) is 11.4. The lowest BCUT2D eigenvalue weighted by Gasteiger charge is -2.20. The number of para-hydroxylation sites is 1. The molecule has 0 amide bonds. The Kier molecular flexibility index (Phi) is 3.57. The number of rotatable bonds is 3. The highest BCUT2D eigenvalue weighted by atomic mass is 35.5. The van der Waals surface area contributed by atoms with Crippen molar-refractivity contribution in [1.29, 1.82) is 0 Å². The summed E-state index contributed by atoms with van der Waals surface area (Å²) in [6.45, 7) is 1.53. The molecule has 5 nitrogen and oxygen atoms in total. The van der Waals surface area contributed by atoms with Gasteiger partial charge in [-0.05, 0) is 18.6 Å². The minimum Gasteiger partial charge on any atom is -0.480 e. The summed E-state index contributed by atoms with van der Waals surface area (Å²) in [5.74, 6) is -0.951. The number of aliphatic carboxylic acids is 1. The second-order valence-electron chi connectivity index (χ2n) is 5.55. The van der Waals surface area contributed by atoms with E-state index in [-0.39, 0.29) is 0 Å². The first kappa shape index (κ1) is 14.3. The molecule has 1 aliphatic rings. The maximum atomic E-state index is 11.2. The van der Waals surface area contributed by atoms with Gasteiger partial charge in [0.25, 0.3) is 0 Å². The average Bonchev–Trinajstić information content (AvgIpc) is 2.83. The number of nitrogens with two attached hydrogens (primary N) is 1. The van der Waals surface area contributed by atoms with Crippen molar-refractivity contribution in [2.24, 2.45) is 5.73 Å². The van der Waals surface area contributed by atoms with Crippen LogP contribution < -0.4 is 5.73 Å². The van der Waals surface area contributed by atoms with Gasteiger partial charge in [0.05, 0.1) is 5.52 Å². The minimum absolute atomic E-state index is 0.325. The first-order valence-electron chi connectivity index (χ1n) is 6.77. The molecule has 6 heteroatoms. The van der Waals surface area contributed by atoms with Crippen molar-refractivity contribution >= 4 is 28.5 Å². The standard InChI is InChI=1S/C15H16ClN3O2/c16-13-11(7-10-3-1-2-4-12(10)18-13)8-19-6-5-15(17,9-19)14(20)21/h1-4,7H,5-6,8-9,17H2,(H,20,21). The van der Waals surface area contributed by atoms with E-state index in [1.807, 2.05) is 35.2 Å². The van der Waals surface area contributed by atoms with Crippen LogP contribution in [-0.4, -0.2) is 39.6 Å². The highest BCUT2D eigenvalue weighted by Gasteiger charge is 2.41. The first-order valence-corrected chi connectivity index (χ1v) is 7.14. The van der Waals surface area contributed by atoms with Gasteiger partial charge in [-0.2, -0.15) is 0 Å². The zero-order valence-corrected chi connectivity index (χ0v) is 12.2. The fourth-order valence-electron chi connectivity index (χ4n) is 2.71. The van der Waals surface area contributed by atoms with Gasteiger partial charge in [-0.3, -0.25) is 9.69 Å². The highest BCUT2D eigenvalue weighted by molar-refractivity contribution is 6.30. The first-order chi connectivity index (χ1) is 9.98. The lowest BCUT2D eigenvalue weighted by atomic mass is 10.0. The number of carboxylic acids is 1. The highest BCUT2D eigenvalue weighted by Crippen LogP contribution is 2.25. The van der Waals surface area contributed by atoms with Crippen LogP contribution in [0.4, 0.5) is 0 Å². The Balaban J connectivity index is 1.83. The maximum Gasteiger partial charge on any atom is 0.325 e. The van der Waals surface area contributed by atoms with Crippen LogP contribution in [-0.2, 0) is 11.3 Å². The molecule has 0 aliphatic carbocycles. The lowest BCUT2D eigenvalue weighted by molar-refractivity contribution is -0.142. The quantitative estimate of drug-likeness (QED) is 0.846. The van der Waals surface area contributed by atoms with Gasteiger partial charge in [0.15, 0.2) is 0 Å². The molecule has 1 aromatic carbocycles. The van der Waals surface area contributed by atoms with E-state index >= 15 is 0 Å². The average molecular weight is 306 g/mol. The Morgan fingerprint density at radius 2 is 2.24 bits per heavy atom. The third-order valence-corrected chi connectivity index (χ3v) is 4.28. The molecule has 1 aromatic heterocycles. The predicted octanol–water partition coefficient (Wildman–Crippen LogP) is 1.88. The van der Waals surface area contributed by atoms with Crippen molar-refractivity contribution in [3.63, 3.8) is 0 Å². The number of fused-ring (bicyclic) bond motifs is 1. The van der Waals surface area contributed by atoms with E-state index in [1.54, 1.807) is 0 Å². The van der Waals surface area contributed by atoms with Gasteiger partial charge in [-0.15, -0.1) is 0 Å². The number of likely N-dealkylation sites (tertiary alicyclic amines) is 1. The molecule has 2 aromatic rings. The van der Waals surface area contributed by atoms with Gasteiger partial charge in [-0.1, -0.05) is 29.8 Å². The molecule has 0 spiro atoms. The molecule has 0 saturated carbocycles. The van der Waals surface area contributed by atoms with Gasteiger partial charge in [0.2, 0.25) is 0 Å². The number of benzene rings is 1. The molecule has 1 fully saturated rings. The van der Waals surface area contributed by atoms with E-state index in [1.165, 1.54) is 0 Å². The fraction of sp³-hybridized carbons (Fsp3) is 0.333. The largest absolute Gasteiger partial charge is 0.480 e. The summed E-state index contributed by atoms with van der Waals surface area (Å²) in [6.07, 6.45) is 0.445. The summed E-state index contributed by atoms with van der Waals surface area (Å²) in [6, 6.07) is 9.77. The van der Waals surface area contributed by atoms with Crippen molar-refractivity contribution in [2.45, 2.75) is 18.5 Å². The van der Waals surface area contributed by atoms with Crippen molar-refractivity contribution < 1.29 is 9.90 Å². The molecule has 1 unspecified atom stereocenters. The number of pyridine rings is 1. The number of aromatic nitrogens is 1. The summed E-state index contributed by atoms with van der Waals surface area (Å²) >= 11 is 6.23. The second kappa shape index (κ2) is 5.26. The summed E-state index contributed by atoms with van der Waals surface area (Å²) in [4.78, 5) is 17.6. The van der Waals surface area contributed by atoms with E-state index in [4.69, 9.17) is 22.4 Å². The van der Waals surface area contributed by atoms with Crippen LogP contribution in [0, 0.1) is 0 Å². The Morgan fingerprint density at radius 1 is 1.48 bits per heavy atom. The Labute approximate surface area is 127 Å². The molecule has 21 heavy (non-hydrogen) atoms. The number of carbonyl (C=O) groups is 1. The van der Waals surface area contributed by atoms with Crippen molar-refractivity contribution in [1.82, 2.24) is 9.88 Å². The van der Waals surface area contributed by atoms with Crippen LogP contribution in [0.3, 0.4) is 0 Å². The molecule has 1 atom stereocenters. The molecule has 0 bridgehead atoms. The second-order valence-corrected chi connectivity index (χ2v) is 5.91. The number of halogens is 1. The summed E-state index contributed by atoms with van der Waals surface area (Å²) < 4.78 is 0. The Hall–Kier alpha value is -1.69. The monoisotopic (exact) mass is 305 g/mol. The number of hydrogen-bond donors (Lipinski definition) is 2. The van der Waals surface area contributed by atoms with Crippen LogP contribution in [0.15, 0.2) is 30.3 Å². The van der Waals surface area contributed by atoms with E-state index < -0.39 is 11.5 Å². The summed E-state index contributed by atoms with van der Waals surface area (Å²) in [5, 5.41) is 10.6. The molecule has 2 heterocycles. The SMILES string of the molecule is NC1(C(=O)O)CCN(Cc2cc3ccccc3nc2Cl)C1. The zero-order chi connectivity index (χ0) is 15.0. The minimum atomic E-state index is -1.16.